The lowest BCUT2D eigenvalue weighted by Crippen LogP contribution is -2.25. The molecule has 0 aromatic heterocycles. The molecule has 2 atom stereocenters. The lowest BCUT2D eigenvalue weighted by Gasteiger charge is -2.27. The first-order valence-corrected chi connectivity index (χ1v) is 4.24. The fourth-order valence-corrected chi connectivity index (χ4v) is 1.35. The number of rotatable bonds is 1. The molecule has 1 nitrogen and oxygen atoms in total. The number of carbonyl (C=O) groups excluding carboxylic acids is 1. The van der Waals surface area contributed by atoms with E-state index in [9.17, 15) is 4.79 Å². The molecule has 64 valence electrons. The summed E-state index contributed by atoms with van der Waals surface area (Å²) in [5, 5.41) is 0. The molecule has 1 rings (SSSR count). The van der Waals surface area contributed by atoms with E-state index in [-0.39, 0.29) is 11.8 Å². The molecule has 0 amide bonds. The van der Waals surface area contributed by atoms with Crippen molar-refractivity contribution in [3.05, 3.63) is 0 Å². The average Bonchev–Trinajstić information content (AvgIpc) is 1.99. The van der Waals surface area contributed by atoms with Gasteiger partial charge in [0.15, 0.2) is 0 Å². The average molecular weight is 157 g/mol. The van der Waals surface area contributed by atoms with E-state index in [0.29, 0.717) is 12.8 Å². The Hall–Kier alpha value is -0.330. The third kappa shape index (κ3) is 2.05. The van der Waals surface area contributed by atoms with Gasteiger partial charge in [0.2, 0.25) is 0 Å². The van der Waals surface area contributed by atoms with Gasteiger partial charge in [0.25, 0.3) is 0 Å². The SMILES string of the molecule is [2H]C1(C)CCC(C(C)C)C([2H])([2H])C1=O. The minimum Gasteiger partial charge on any atom is -0.299 e. The second kappa shape index (κ2) is 3.38. The van der Waals surface area contributed by atoms with Crippen molar-refractivity contribution >= 4 is 5.78 Å². The van der Waals surface area contributed by atoms with Gasteiger partial charge in [-0.05, 0) is 24.7 Å². The molecule has 0 heterocycles. The molecule has 0 aliphatic heterocycles. The van der Waals surface area contributed by atoms with Gasteiger partial charge < -0.3 is 0 Å². The van der Waals surface area contributed by atoms with Crippen LogP contribution in [-0.2, 0) is 4.79 Å². The Bertz CT molecular complexity index is 246. The highest BCUT2D eigenvalue weighted by atomic mass is 16.1. The second-order valence-electron chi connectivity index (χ2n) is 3.64. The van der Waals surface area contributed by atoms with E-state index in [1.165, 1.54) is 6.92 Å². The molecule has 2 unspecified atom stereocenters. The van der Waals surface area contributed by atoms with Gasteiger partial charge in [-0.15, -0.1) is 0 Å². The highest BCUT2D eigenvalue weighted by molar-refractivity contribution is 5.81. The third-order valence-corrected chi connectivity index (χ3v) is 2.34. The van der Waals surface area contributed by atoms with Crippen molar-refractivity contribution < 1.29 is 8.91 Å². The molecule has 0 aromatic carbocycles. The second-order valence-corrected chi connectivity index (χ2v) is 3.64. The van der Waals surface area contributed by atoms with Crippen LogP contribution in [-0.4, -0.2) is 5.78 Å². The van der Waals surface area contributed by atoms with Crippen molar-refractivity contribution in [2.24, 2.45) is 17.7 Å². The first-order valence-electron chi connectivity index (χ1n) is 5.74. The summed E-state index contributed by atoms with van der Waals surface area (Å²) >= 11 is 0. The van der Waals surface area contributed by atoms with E-state index in [1.807, 2.05) is 13.8 Å². The predicted octanol–water partition coefficient (Wildman–Crippen LogP) is 2.65. The van der Waals surface area contributed by atoms with Gasteiger partial charge in [0.05, 0.1) is 0 Å². The van der Waals surface area contributed by atoms with Crippen LogP contribution in [0.25, 0.3) is 0 Å². The van der Waals surface area contributed by atoms with E-state index in [1.54, 1.807) is 0 Å². The summed E-state index contributed by atoms with van der Waals surface area (Å²) in [7, 11) is 0. The van der Waals surface area contributed by atoms with Crippen molar-refractivity contribution in [3.8, 4) is 0 Å². The first kappa shape index (κ1) is 5.34. The van der Waals surface area contributed by atoms with Crippen LogP contribution in [0.2, 0.25) is 0 Å². The smallest absolute Gasteiger partial charge is 0.135 e. The molecule has 1 aliphatic rings. The molecular weight excluding hydrogens is 136 g/mol. The highest BCUT2D eigenvalue weighted by Crippen LogP contribution is 2.30. The van der Waals surface area contributed by atoms with E-state index in [4.69, 9.17) is 4.11 Å². The van der Waals surface area contributed by atoms with Gasteiger partial charge in [-0.3, -0.25) is 4.79 Å². The summed E-state index contributed by atoms with van der Waals surface area (Å²) in [4.78, 5) is 11.7. The van der Waals surface area contributed by atoms with Crippen LogP contribution in [0.1, 0.15) is 44.1 Å². The van der Waals surface area contributed by atoms with Crippen molar-refractivity contribution in [1.29, 1.82) is 0 Å². The topological polar surface area (TPSA) is 17.1 Å². The molecule has 1 aliphatic carbocycles. The lowest BCUT2D eigenvalue weighted by molar-refractivity contribution is -0.125. The lowest BCUT2D eigenvalue weighted by atomic mass is 9.77. The molecule has 1 saturated carbocycles. The largest absolute Gasteiger partial charge is 0.299 e. The standard InChI is InChI=1S/C10H18O/c1-7(2)9-5-4-8(3)10(11)6-9/h7-9H,4-6H2,1-3H3/i6D2,8D. The number of hydrogen-bond donors (Lipinski definition) is 0. The zero-order valence-electron chi connectivity index (χ0n) is 10.5. The maximum absolute atomic E-state index is 11.7. The molecular formula is C10H18O. The van der Waals surface area contributed by atoms with Crippen LogP contribution < -0.4 is 0 Å². The fourth-order valence-electron chi connectivity index (χ4n) is 1.35. The molecule has 0 N–H and O–H groups in total. The minimum absolute atomic E-state index is 0.157. The zero-order chi connectivity index (χ0) is 11.1. The van der Waals surface area contributed by atoms with Crippen LogP contribution in [0, 0.1) is 17.7 Å². The summed E-state index contributed by atoms with van der Waals surface area (Å²) in [6.45, 7) is 5.38. The van der Waals surface area contributed by atoms with E-state index in [2.05, 4.69) is 0 Å². The van der Waals surface area contributed by atoms with Gasteiger partial charge in [0.1, 0.15) is 5.78 Å². The summed E-state index contributed by atoms with van der Waals surface area (Å²) < 4.78 is 23.3. The quantitative estimate of drug-likeness (QED) is 0.572. The summed E-state index contributed by atoms with van der Waals surface area (Å²) in [6.07, 6.45) is -0.701. The van der Waals surface area contributed by atoms with E-state index < -0.39 is 18.1 Å². The van der Waals surface area contributed by atoms with Crippen molar-refractivity contribution in [2.45, 2.75) is 40.0 Å². The number of ketones is 1. The van der Waals surface area contributed by atoms with Crippen LogP contribution in [0.4, 0.5) is 0 Å². The first-order chi connectivity index (χ1) is 6.19. The van der Waals surface area contributed by atoms with Gasteiger partial charge in [-0.1, -0.05) is 20.8 Å². The Morgan fingerprint density at radius 1 is 1.64 bits per heavy atom. The molecule has 0 spiro atoms. The highest BCUT2D eigenvalue weighted by Gasteiger charge is 2.26. The maximum Gasteiger partial charge on any atom is 0.135 e. The monoisotopic (exact) mass is 157 g/mol. The molecule has 0 radical (unpaired) electrons. The minimum atomic E-state index is -1.82. The van der Waals surface area contributed by atoms with Crippen molar-refractivity contribution in [2.75, 3.05) is 0 Å². The molecule has 11 heavy (non-hydrogen) atoms. The summed E-state index contributed by atoms with van der Waals surface area (Å²) in [6, 6.07) is 0. The van der Waals surface area contributed by atoms with Gasteiger partial charge >= 0.3 is 0 Å². The van der Waals surface area contributed by atoms with Crippen LogP contribution >= 0.6 is 0 Å². The van der Waals surface area contributed by atoms with E-state index >= 15 is 0 Å². The normalized spacial score (nSPS) is 48.2. The molecule has 0 saturated heterocycles. The summed E-state index contributed by atoms with van der Waals surface area (Å²) in [5.41, 5.74) is 0. The number of carbonyl (C=O) groups is 1. The predicted molar refractivity (Wildman–Crippen MR) is 46.4 cm³/mol. The number of hydrogen-bond acceptors (Lipinski definition) is 1. The van der Waals surface area contributed by atoms with Crippen molar-refractivity contribution in [1.82, 2.24) is 0 Å². The van der Waals surface area contributed by atoms with Crippen molar-refractivity contribution in [3.63, 3.8) is 0 Å². The van der Waals surface area contributed by atoms with Crippen LogP contribution in [0.3, 0.4) is 0 Å². The summed E-state index contributed by atoms with van der Waals surface area (Å²) in [5.74, 6) is -1.84. The zero-order valence-corrected chi connectivity index (χ0v) is 7.48. The Morgan fingerprint density at radius 2 is 2.27 bits per heavy atom. The van der Waals surface area contributed by atoms with Crippen LogP contribution in [0.15, 0.2) is 0 Å². The Labute approximate surface area is 73.4 Å². The van der Waals surface area contributed by atoms with E-state index in [0.717, 1.165) is 0 Å². The molecule has 0 aromatic rings. The molecule has 1 heteroatoms. The Balaban J connectivity index is 2.97. The molecule has 1 fully saturated rings. The molecule has 0 bridgehead atoms. The fraction of sp³-hybridized carbons (Fsp3) is 0.900. The Morgan fingerprint density at radius 3 is 2.82 bits per heavy atom. The van der Waals surface area contributed by atoms with Crippen LogP contribution in [0.5, 0.6) is 0 Å². The maximum atomic E-state index is 11.7. The van der Waals surface area contributed by atoms with Gasteiger partial charge in [-0.2, -0.15) is 0 Å². The van der Waals surface area contributed by atoms with Gasteiger partial charge in [0, 0.05) is 16.4 Å². The third-order valence-electron chi connectivity index (χ3n) is 2.34. The Kier molecular flexibility index (Phi) is 1.64. The van der Waals surface area contributed by atoms with Gasteiger partial charge in [-0.25, -0.2) is 0 Å². The number of Topliss-reactive ketones (excluding diaryl/α,β-unsaturated/α-hetero) is 1.